The number of allylic oxidation sites excluding steroid dienone is 1. The van der Waals surface area contributed by atoms with Crippen LogP contribution in [-0.4, -0.2) is 6.03 Å². The molecule has 1 rings (SSSR count). The van der Waals surface area contributed by atoms with Gasteiger partial charge in [0, 0.05) is 11.9 Å². The Bertz CT molecular complexity index is 439. The maximum Gasteiger partial charge on any atom is 0.323 e. The van der Waals surface area contributed by atoms with Crippen molar-refractivity contribution in [3.8, 4) is 0 Å². The minimum atomic E-state index is -0.207. The van der Waals surface area contributed by atoms with Gasteiger partial charge in [0.25, 0.3) is 0 Å². The molecule has 2 N–H and O–H groups in total. The van der Waals surface area contributed by atoms with Crippen LogP contribution in [-0.2, 0) is 0 Å². The number of amides is 2. The predicted octanol–water partition coefficient (Wildman–Crippen LogP) is 3.90. The summed E-state index contributed by atoms with van der Waals surface area (Å²) in [6.45, 7) is 10.2. The molecule has 0 aliphatic heterocycles. The number of aryl methyl sites for hydroxylation is 3. The lowest BCUT2D eigenvalue weighted by Gasteiger charge is -2.12. The van der Waals surface area contributed by atoms with Crippen molar-refractivity contribution >= 4 is 11.7 Å². The number of rotatable bonds is 3. The Labute approximate surface area is 109 Å². The van der Waals surface area contributed by atoms with Crippen molar-refractivity contribution in [3.05, 3.63) is 41.1 Å². The summed E-state index contributed by atoms with van der Waals surface area (Å²) >= 11 is 0. The molecule has 0 unspecified atom stereocenters. The van der Waals surface area contributed by atoms with Crippen molar-refractivity contribution in [1.29, 1.82) is 0 Å². The fourth-order valence-electron chi connectivity index (χ4n) is 1.84. The van der Waals surface area contributed by atoms with E-state index < -0.39 is 0 Å². The minimum absolute atomic E-state index is 0.207. The lowest BCUT2D eigenvalue weighted by molar-refractivity contribution is 0.255. The van der Waals surface area contributed by atoms with Gasteiger partial charge in [0.2, 0.25) is 0 Å². The van der Waals surface area contributed by atoms with E-state index in [2.05, 4.69) is 43.5 Å². The standard InChI is InChI=1S/C15H22N2O/c1-10(2)6-7-16-15(18)17-14-12(4)8-11(3)9-13(14)5/h6-10H,1-5H3,(H2,16,17,18)/b7-6+. The Hall–Kier alpha value is -1.77. The van der Waals surface area contributed by atoms with Gasteiger partial charge in [-0.05, 0) is 37.8 Å². The Kier molecular flexibility index (Phi) is 4.95. The average Bonchev–Trinajstić information content (AvgIpc) is 2.22. The highest BCUT2D eigenvalue weighted by atomic mass is 16.2. The number of carbonyl (C=O) groups excluding carboxylic acids is 1. The molecule has 3 heteroatoms. The molecule has 0 spiro atoms. The molecule has 0 saturated carbocycles. The summed E-state index contributed by atoms with van der Waals surface area (Å²) in [5.41, 5.74) is 4.25. The molecule has 3 nitrogen and oxygen atoms in total. The van der Waals surface area contributed by atoms with Crippen molar-refractivity contribution in [3.63, 3.8) is 0 Å². The molecule has 18 heavy (non-hydrogen) atoms. The molecule has 0 bridgehead atoms. The molecule has 0 heterocycles. The lowest BCUT2D eigenvalue weighted by Crippen LogP contribution is -2.24. The number of urea groups is 1. The largest absolute Gasteiger partial charge is 0.323 e. The normalized spacial score (nSPS) is 11.0. The topological polar surface area (TPSA) is 41.1 Å². The first kappa shape index (κ1) is 14.3. The number of nitrogens with one attached hydrogen (secondary N) is 2. The van der Waals surface area contributed by atoms with Gasteiger partial charge in [0.15, 0.2) is 0 Å². The van der Waals surface area contributed by atoms with Gasteiger partial charge in [0.1, 0.15) is 0 Å². The van der Waals surface area contributed by atoms with E-state index >= 15 is 0 Å². The summed E-state index contributed by atoms with van der Waals surface area (Å²) in [6.07, 6.45) is 3.62. The first-order valence-corrected chi connectivity index (χ1v) is 6.22. The molecule has 0 aliphatic carbocycles. The van der Waals surface area contributed by atoms with Gasteiger partial charge < -0.3 is 10.6 Å². The Balaban J connectivity index is 2.71. The number of carbonyl (C=O) groups is 1. The highest BCUT2D eigenvalue weighted by molar-refractivity contribution is 5.91. The van der Waals surface area contributed by atoms with E-state index in [9.17, 15) is 4.79 Å². The third kappa shape index (κ3) is 4.24. The number of anilines is 1. The summed E-state index contributed by atoms with van der Waals surface area (Å²) in [5.74, 6) is 0.424. The predicted molar refractivity (Wildman–Crippen MR) is 76.8 cm³/mol. The van der Waals surface area contributed by atoms with Gasteiger partial charge in [-0.1, -0.05) is 37.6 Å². The monoisotopic (exact) mass is 246 g/mol. The third-order valence-electron chi connectivity index (χ3n) is 2.61. The second kappa shape index (κ2) is 6.24. The fourth-order valence-corrected chi connectivity index (χ4v) is 1.84. The molecule has 0 radical (unpaired) electrons. The zero-order valence-electron chi connectivity index (χ0n) is 11.8. The Morgan fingerprint density at radius 2 is 1.72 bits per heavy atom. The zero-order valence-corrected chi connectivity index (χ0v) is 11.8. The molecular weight excluding hydrogens is 224 g/mol. The molecule has 0 aliphatic rings. The molecular formula is C15H22N2O. The molecule has 1 aromatic carbocycles. The second-order valence-electron chi connectivity index (χ2n) is 4.98. The van der Waals surface area contributed by atoms with Crippen molar-refractivity contribution in [2.75, 3.05) is 5.32 Å². The second-order valence-corrected chi connectivity index (χ2v) is 4.98. The van der Waals surface area contributed by atoms with Gasteiger partial charge in [-0.15, -0.1) is 0 Å². The van der Waals surface area contributed by atoms with Crippen LogP contribution >= 0.6 is 0 Å². The van der Waals surface area contributed by atoms with E-state index in [1.54, 1.807) is 6.20 Å². The van der Waals surface area contributed by atoms with Gasteiger partial charge in [-0.25, -0.2) is 4.79 Å². The summed E-state index contributed by atoms with van der Waals surface area (Å²) < 4.78 is 0. The molecule has 0 aromatic heterocycles. The quantitative estimate of drug-likeness (QED) is 0.834. The van der Waals surface area contributed by atoms with E-state index in [0.29, 0.717) is 5.92 Å². The van der Waals surface area contributed by atoms with Crippen LogP contribution < -0.4 is 10.6 Å². The van der Waals surface area contributed by atoms with Crippen molar-refractivity contribution in [1.82, 2.24) is 5.32 Å². The Morgan fingerprint density at radius 3 is 2.22 bits per heavy atom. The highest BCUT2D eigenvalue weighted by Crippen LogP contribution is 2.21. The van der Waals surface area contributed by atoms with Gasteiger partial charge in [-0.2, -0.15) is 0 Å². The maximum atomic E-state index is 11.7. The van der Waals surface area contributed by atoms with Gasteiger partial charge in [0.05, 0.1) is 0 Å². The van der Waals surface area contributed by atoms with Gasteiger partial charge >= 0.3 is 6.03 Å². The number of hydrogen-bond acceptors (Lipinski definition) is 1. The summed E-state index contributed by atoms with van der Waals surface area (Å²) in [7, 11) is 0. The van der Waals surface area contributed by atoms with Crippen LogP contribution in [0.15, 0.2) is 24.4 Å². The fraction of sp³-hybridized carbons (Fsp3) is 0.400. The van der Waals surface area contributed by atoms with E-state index in [4.69, 9.17) is 0 Å². The molecule has 1 aromatic rings. The first-order chi connectivity index (χ1) is 8.40. The van der Waals surface area contributed by atoms with Crippen molar-refractivity contribution in [2.24, 2.45) is 5.92 Å². The molecule has 0 saturated heterocycles. The van der Waals surface area contributed by atoms with Crippen LogP contribution in [0.25, 0.3) is 0 Å². The molecule has 98 valence electrons. The smallest absolute Gasteiger partial charge is 0.315 e. The number of benzene rings is 1. The van der Waals surface area contributed by atoms with Crippen LogP contribution in [0.3, 0.4) is 0 Å². The summed E-state index contributed by atoms with van der Waals surface area (Å²) in [5, 5.41) is 5.58. The van der Waals surface area contributed by atoms with Crippen LogP contribution in [0, 0.1) is 26.7 Å². The van der Waals surface area contributed by atoms with E-state index in [-0.39, 0.29) is 6.03 Å². The van der Waals surface area contributed by atoms with Crippen LogP contribution in [0.1, 0.15) is 30.5 Å². The summed E-state index contributed by atoms with van der Waals surface area (Å²) in [4.78, 5) is 11.7. The Morgan fingerprint density at radius 1 is 1.17 bits per heavy atom. The van der Waals surface area contributed by atoms with Crippen LogP contribution in [0.2, 0.25) is 0 Å². The van der Waals surface area contributed by atoms with E-state index in [1.807, 2.05) is 19.9 Å². The minimum Gasteiger partial charge on any atom is -0.315 e. The lowest BCUT2D eigenvalue weighted by atomic mass is 10.1. The zero-order chi connectivity index (χ0) is 13.7. The third-order valence-corrected chi connectivity index (χ3v) is 2.61. The summed E-state index contributed by atoms with van der Waals surface area (Å²) in [6, 6.07) is 3.92. The average molecular weight is 246 g/mol. The van der Waals surface area contributed by atoms with Gasteiger partial charge in [-0.3, -0.25) is 0 Å². The number of hydrogen-bond donors (Lipinski definition) is 2. The highest BCUT2D eigenvalue weighted by Gasteiger charge is 2.06. The van der Waals surface area contributed by atoms with Crippen molar-refractivity contribution in [2.45, 2.75) is 34.6 Å². The van der Waals surface area contributed by atoms with E-state index in [1.165, 1.54) is 5.56 Å². The molecule has 2 amide bonds. The van der Waals surface area contributed by atoms with Crippen LogP contribution in [0.5, 0.6) is 0 Å². The van der Waals surface area contributed by atoms with E-state index in [0.717, 1.165) is 16.8 Å². The molecule has 0 fully saturated rings. The maximum absolute atomic E-state index is 11.7. The van der Waals surface area contributed by atoms with Crippen molar-refractivity contribution < 1.29 is 4.79 Å². The first-order valence-electron chi connectivity index (χ1n) is 6.22. The van der Waals surface area contributed by atoms with Crippen LogP contribution in [0.4, 0.5) is 10.5 Å². The molecule has 0 atom stereocenters. The SMILES string of the molecule is Cc1cc(C)c(NC(=O)N/C=C/C(C)C)c(C)c1.